The number of halogens is 1. The number of nitro benzene ring substituents is 1. The minimum atomic E-state index is -0.590. The topological polar surface area (TPSA) is 111 Å². The van der Waals surface area contributed by atoms with Crippen LogP contribution in [-0.2, 0) is 0 Å². The molecule has 0 aliphatic carbocycles. The lowest BCUT2D eigenvalue weighted by Crippen LogP contribution is -2.21. The maximum Gasteiger partial charge on any atom is 0.270 e. The van der Waals surface area contributed by atoms with Crippen LogP contribution in [0.2, 0.25) is 5.02 Å². The molecule has 1 aliphatic rings. The summed E-state index contributed by atoms with van der Waals surface area (Å²) in [5, 5.41) is 20.6. The van der Waals surface area contributed by atoms with E-state index in [0.717, 1.165) is 0 Å². The van der Waals surface area contributed by atoms with Gasteiger partial charge in [-0.05, 0) is 17.7 Å². The number of nitriles is 1. The van der Waals surface area contributed by atoms with Crippen molar-refractivity contribution in [3.05, 3.63) is 74.1 Å². The van der Waals surface area contributed by atoms with Gasteiger partial charge in [-0.1, -0.05) is 17.7 Å². The molecule has 2 N–H and O–H groups in total. The van der Waals surface area contributed by atoms with Gasteiger partial charge in [0, 0.05) is 23.8 Å². The predicted molar refractivity (Wildman–Crippen MR) is 90.4 cm³/mol. The summed E-state index contributed by atoms with van der Waals surface area (Å²) < 4.78 is 10.7. The lowest BCUT2D eigenvalue weighted by atomic mass is 9.83. The summed E-state index contributed by atoms with van der Waals surface area (Å²) in [6.45, 7) is 0. The molecule has 25 heavy (non-hydrogen) atoms. The van der Waals surface area contributed by atoms with Gasteiger partial charge < -0.3 is 15.2 Å². The smallest absolute Gasteiger partial charge is 0.270 e. The molecule has 7 nitrogen and oxygen atoms in total. The van der Waals surface area contributed by atoms with Crippen molar-refractivity contribution >= 4 is 17.3 Å². The fourth-order valence-corrected chi connectivity index (χ4v) is 3.03. The Hall–Kier alpha value is -3.24. The molecule has 2 aromatic carbocycles. The third-order valence-electron chi connectivity index (χ3n) is 3.93. The van der Waals surface area contributed by atoms with Crippen LogP contribution >= 0.6 is 11.6 Å². The standard InChI is InChI=1S/C17H12ClN3O4/c1-24-10-3-5-12-15(7-10)25-17(20)13(8-19)16(12)11-4-2-9(21(22)23)6-14(11)18/h2-7,16H,20H2,1H3/t16-/m1/s1. The van der Waals surface area contributed by atoms with Gasteiger partial charge in [0.2, 0.25) is 5.88 Å². The van der Waals surface area contributed by atoms with Crippen LogP contribution in [0.5, 0.6) is 11.5 Å². The first kappa shape index (κ1) is 16.6. The van der Waals surface area contributed by atoms with Gasteiger partial charge in [0.25, 0.3) is 5.69 Å². The van der Waals surface area contributed by atoms with E-state index in [2.05, 4.69) is 0 Å². The second-order valence-electron chi connectivity index (χ2n) is 5.29. The fourth-order valence-electron chi connectivity index (χ4n) is 2.75. The molecule has 1 heterocycles. The number of hydrogen-bond donors (Lipinski definition) is 1. The summed E-state index contributed by atoms with van der Waals surface area (Å²) in [7, 11) is 1.52. The van der Waals surface area contributed by atoms with Crippen LogP contribution in [0.3, 0.4) is 0 Å². The Balaban J connectivity index is 2.20. The Morgan fingerprint density at radius 3 is 2.64 bits per heavy atom. The molecule has 0 saturated carbocycles. The number of allylic oxidation sites excluding steroid dienone is 1. The van der Waals surface area contributed by atoms with Crippen LogP contribution in [0.4, 0.5) is 5.69 Å². The normalized spacial score (nSPS) is 15.8. The van der Waals surface area contributed by atoms with Crippen LogP contribution in [0, 0.1) is 21.4 Å². The number of nitrogens with zero attached hydrogens (tertiary/aromatic N) is 2. The molecule has 0 amide bonds. The van der Waals surface area contributed by atoms with Crippen molar-refractivity contribution in [1.82, 2.24) is 0 Å². The number of benzene rings is 2. The molecule has 126 valence electrons. The van der Waals surface area contributed by atoms with E-state index in [1.165, 1.54) is 25.3 Å². The summed E-state index contributed by atoms with van der Waals surface area (Å²) in [6, 6.07) is 11.3. The quantitative estimate of drug-likeness (QED) is 0.664. The zero-order valence-electron chi connectivity index (χ0n) is 13.0. The van der Waals surface area contributed by atoms with Gasteiger partial charge in [-0.25, -0.2) is 0 Å². The molecule has 0 radical (unpaired) electrons. The second-order valence-corrected chi connectivity index (χ2v) is 5.70. The van der Waals surface area contributed by atoms with Gasteiger partial charge in [0.1, 0.15) is 23.1 Å². The van der Waals surface area contributed by atoms with Crippen molar-refractivity contribution < 1.29 is 14.4 Å². The maximum absolute atomic E-state index is 10.9. The van der Waals surface area contributed by atoms with Gasteiger partial charge in [-0.2, -0.15) is 5.26 Å². The Bertz CT molecular complexity index is 949. The molecule has 0 fully saturated rings. The summed E-state index contributed by atoms with van der Waals surface area (Å²) >= 11 is 6.26. The van der Waals surface area contributed by atoms with Crippen LogP contribution < -0.4 is 15.2 Å². The third kappa shape index (κ3) is 2.84. The highest BCUT2D eigenvalue weighted by atomic mass is 35.5. The molecule has 0 saturated heterocycles. The zero-order chi connectivity index (χ0) is 18.1. The monoisotopic (exact) mass is 357 g/mol. The van der Waals surface area contributed by atoms with Crippen molar-refractivity contribution in [2.45, 2.75) is 5.92 Å². The summed E-state index contributed by atoms with van der Waals surface area (Å²) in [5.41, 5.74) is 7.15. The second kappa shape index (κ2) is 6.34. The number of ether oxygens (including phenoxy) is 2. The van der Waals surface area contributed by atoms with E-state index in [-0.39, 0.29) is 22.2 Å². The largest absolute Gasteiger partial charge is 0.497 e. The molecule has 3 rings (SSSR count). The van der Waals surface area contributed by atoms with Crippen molar-refractivity contribution in [1.29, 1.82) is 5.26 Å². The number of nitrogens with two attached hydrogens (primary N) is 1. The van der Waals surface area contributed by atoms with Crippen molar-refractivity contribution in [3.63, 3.8) is 0 Å². The summed E-state index contributed by atoms with van der Waals surface area (Å²) in [5.74, 6) is 0.381. The van der Waals surface area contributed by atoms with E-state index in [1.807, 2.05) is 6.07 Å². The number of rotatable bonds is 3. The molecule has 1 atom stereocenters. The van der Waals surface area contributed by atoms with Crippen molar-refractivity contribution in [2.24, 2.45) is 5.73 Å². The highest BCUT2D eigenvalue weighted by Crippen LogP contribution is 2.45. The van der Waals surface area contributed by atoms with Crippen molar-refractivity contribution in [2.75, 3.05) is 7.11 Å². The Morgan fingerprint density at radius 2 is 2.04 bits per heavy atom. The van der Waals surface area contributed by atoms with Crippen molar-refractivity contribution in [3.8, 4) is 17.6 Å². The fraction of sp³-hybridized carbons (Fsp3) is 0.118. The Kier molecular flexibility index (Phi) is 4.21. The molecule has 1 aliphatic heterocycles. The van der Waals surface area contributed by atoms with E-state index in [9.17, 15) is 15.4 Å². The zero-order valence-corrected chi connectivity index (χ0v) is 13.8. The lowest BCUT2D eigenvalue weighted by Gasteiger charge is -2.27. The highest BCUT2D eigenvalue weighted by Gasteiger charge is 2.32. The number of hydrogen-bond acceptors (Lipinski definition) is 6. The lowest BCUT2D eigenvalue weighted by molar-refractivity contribution is -0.384. The summed E-state index contributed by atoms with van der Waals surface area (Å²) in [4.78, 5) is 10.4. The number of methoxy groups -OCH3 is 1. The highest BCUT2D eigenvalue weighted by molar-refractivity contribution is 6.31. The molecule has 0 bridgehead atoms. The molecule has 0 spiro atoms. The van der Waals surface area contributed by atoms with E-state index >= 15 is 0 Å². The van der Waals surface area contributed by atoms with E-state index in [0.29, 0.717) is 22.6 Å². The molecular weight excluding hydrogens is 346 g/mol. The van der Waals surface area contributed by atoms with Gasteiger partial charge in [0.15, 0.2) is 0 Å². The maximum atomic E-state index is 10.9. The number of fused-ring (bicyclic) bond motifs is 1. The molecule has 8 heteroatoms. The summed E-state index contributed by atoms with van der Waals surface area (Å²) in [6.07, 6.45) is 0. The third-order valence-corrected chi connectivity index (χ3v) is 4.26. The molecule has 2 aromatic rings. The van der Waals surface area contributed by atoms with E-state index < -0.39 is 10.8 Å². The first-order valence-electron chi connectivity index (χ1n) is 7.15. The Labute approximate surface area is 148 Å². The molecule has 0 unspecified atom stereocenters. The van der Waals surface area contributed by atoms with Crippen LogP contribution in [-0.4, -0.2) is 12.0 Å². The SMILES string of the molecule is COc1ccc2c(c1)OC(N)=C(C#N)[C@@H]2c1ccc([N+](=O)[O-])cc1Cl. The van der Waals surface area contributed by atoms with E-state index in [4.69, 9.17) is 26.8 Å². The van der Waals surface area contributed by atoms with Crippen LogP contribution in [0.25, 0.3) is 0 Å². The first-order chi connectivity index (χ1) is 12.0. The van der Waals surface area contributed by atoms with Gasteiger partial charge in [-0.3, -0.25) is 10.1 Å². The number of nitro groups is 1. The van der Waals surface area contributed by atoms with Crippen LogP contribution in [0.1, 0.15) is 17.0 Å². The van der Waals surface area contributed by atoms with Gasteiger partial charge in [0.05, 0.1) is 23.0 Å². The minimum absolute atomic E-state index is 0.0392. The van der Waals surface area contributed by atoms with E-state index in [1.54, 1.807) is 18.2 Å². The average Bonchev–Trinajstić information content (AvgIpc) is 2.60. The Morgan fingerprint density at radius 1 is 1.32 bits per heavy atom. The predicted octanol–water partition coefficient (Wildman–Crippen LogP) is 3.47. The van der Waals surface area contributed by atoms with Gasteiger partial charge in [-0.15, -0.1) is 0 Å². The number of non-ortho nitro benzene ring substituents is 1. The molecule has 0 aromatic heterocycles. The average molecular weight is 358 g/mol. The van der Waals surface area contributed by atoms with Crippen LogP contribution in [0.15, 0.2) is 47.9 Å². The molecular formula is C17H12ClN3O4. The first-order valence-corrected chi connectivity index (χ1v) is 7.53. The minimum Gasteiger partial charge on any atom is -0.497 e. The van der Waals surface area contributed by atoms with Gasteiger partial charge >= 0.3 is 0 Å².